The van der Waals surface area contributed by atoms with E-state index < -0.39 is 0 Å². The topological polar surface area (TPSA) is 67.6 Å². The van der Waals surface area contributed by atoms with Crippen molar-refractivity contribution >= 4 is 23.1 Å². The molecule has 0 aromatic carbocycles. The third kappa shape index (κ3) is 4.88. The summed E-state index contributed by atoms with van der Waals surface area (Å²) in [5.74, 6) is 0.0328. The van der Waals surface area contributed by atoms with Crippen molar-refractivity contribution in [2.45, 2.75) is 38.8 Å². The van der Waals surface area contributed by atoms with Gasteiger partial charge in [0.05, 0.1) is 13.2 Å². The molecule has 104 valence electrons. The molecule has 1 saturated heterocycles. The van der Waals surface area contributed by atoms with E-state index in [9.17, 15) is 4.79 Å². The van der Waals surface area contributed by atoms with E-state index >= 15 is 0 Å². The van der Waals surface area contributed by atoms with Crippen LogP contribution in [0.25, 0.3) is 0 Å². The van der Waals surface area contributed by atoms with Gasteiger partial charge in [-0.1, -0.05) is 19.1 Å². The number of amides is 1. The average molecular weight is 273 g/mol. The number of rotatable bonds is 5. The summed E-state index contributed by atoms with van der Waals surface area (Å²) >= 11 is 4.91. The first-order valence-electron chi connectivity index (χ1n) is 6.28. The van der Waals surface area contributed by atoms with Gasteiger partial charge in [-0.15, -0.1) is 0 Å². The van der Waals surface area contributed by atoms with Crippen molar-refractivity contribution in [3.63, 3.8) is 0 Å². The molecule has 1 rings (SSSR count). The van der Waals surface area contributed by atoms with Crippen molar-refractivity contribution in [3.8, 4) is 0 Å². The quantitative estimate of drug-likeness (QED) is 0.704. The molecule has 6 heteroatoms. The molecule has 18 heavy (non-hydrogen) atoms. The highest BCUT2D eigenvalue weighted by Gasteiger charge is 2.25. The van der Waals surface area contributed by atoms with Gasteiger partial charge in [0.15, 0.2) is 0 Å². The first-order valence-corrected chi connectivity index (χ1v) is 6.69. The number of morpholine rings is 1. The molecule has 1 aliphatic rings. The molecule has 1 atom stereocenters. The highest BCUT2D eigenvalue weighted by Crippen LogP contribution is 2.08. The maximum Gasteiger partial charge on any atom is 0.234 e. The van der Waals surface area contributed by atoms with Gasteiger partial charge in [0, 0.05) is 18.6 Å². The van der Waals surface area contributed by atoms with Gasteiger partial charge in [0.25, 0.3) is 0 Å². The summed E-state index contributed by atoms with van der Waals surface area (Å²) < 4.78 is 5.43. The molecular weight excluding hydrogens is 250 g/mol. The smallest absolute Gasteiger partial charge is 0.234 e. The van der Waals surface area contributed by atoms with E-state index in [1.807, 2.05) is 18.7 Å². The SMILES string of the molecule is CCC(C)(C)NC(=O)CN1CCOC(C(N)=S)C1. The second-order valence-electron chi connectivity index (χ2n) is 5.28. The number of nitrogens with one attached hydrogen (secondary N) is 1. The fourth-order valence-corrected chi connectivity index (χ4v) is 1.87. The van der Waals surface area contributed by atoms with E-state index in [1.165, 1.54) is 0 Å². The molecule has 5 nitrogen and oxygen atoms in total. The average Bonchev–Trinajstić information content (AvgIpc) is 2.28. The first-order chi connectivity index (χ1) is 8.34. The predicted octanol–water partition coefficient (Wildman–Crippen LogP) is 0.278. The van der Waals surface area contributed by atoms with Gasteiger partial charge in [0.1, 0.15) is 11.1 Å². The Balaban J connectivity index is 2.42. The zero-order valence-electron chi connectivity index (χ0n) is 11.4. The van der Waals surface area contributed by atoms with E-state index in [2.05, 4.69) is 12.2 Å². The number of carbonyl (C=O) groups excluding carboxylic acids is 1. The number of nitrogens with zero attached hydrogens (tertiary/aromatic N) is 1. The molecule has 1 fully saturated rings. The highest BCUT2D eigenvalue weighted by atomic mass is 32.1. The number of carbonyl (C=O) groups is 1. The minimum atomic E-state index is -0.235. The third-order valence-corrected chi connectivity index (χ3v) is 3.46. The van der Waals surface area contributed by atoms with Crippen LogP contribution in [-0.2, 0) is 9.53 Å². The Morgan fingerprint density at radius 1 is 1.61 bits per heavy atom. The van der Waals surface area contributed by atoms with Gasteiger partial charge in [-0.05, 0) is 20.3 Å². The fraction of sp³-hybridized carbons (Fsp3) is 0.833. The van der Waals surface area contributed by atoms with E-state index in [4.69, 9.17) is 22.7 Å². The van der Waals surface area contributed by atoms with E-state index in [1.54, 1.807) is 0 Å². The van der Waals surface area contributed by atoms with Gasteiger partial charge < -0.3 is 15.8 Å². The molecule has 0 aromatic heterocycles. The van der Waals surface area contributed by atoms with Gasteiger partial charge in [-0.3, -0.25) is 9.69 Å². The van der Waals surface area contributed by atoms with Crippen molar-refractivity contribution < 1.29 is 9.53 Å². The van der Waals surface area contributed by atoms with Crippen LogP contribution < -0.4 is 11.1 Å². The second kappa shape index (κ2) is 6.45. The molecule has 0 aliphatic carbocycles. The molecule has 0 radical (unpaired) electrons. The lowest BCUT2D eigenvalue weighted by Gasteiger charge is -2.33. The van der Waals surface area contributed by atoms with Crippen LogP contribution in [-0.4, -0.2) is 53.7 Å². The van der Waals surface area contributed by atoms with Gasteiger partial charge >= 0.3 is 0 Å². The third-order valence-electron chi connectivity index (χ3n) is 3.20. The molecule has 0 spiro atoms. The lowest BCUT2D eigenvalue weighted by Crippen LogP contribution is -2.52. The summed E-state index contributed by atoms with van der Waals surface area (Å²) in [7, 11) is 0. The van der Waals surface area contributed by atoms with Crippen molar-refractivity contribution in [1.82, 2.24) is 10.2 Å². The predicted molar refractivity (Wildman–Crippen MR) is 75.5 cm³/mol. The molecule has 0 bridgehead atoms. The maximum atomic E-state index is 11.9. The molecular formula is C12H23N3O2S. The summed E-state index contributed by atoms with van der Waals surface area (Å²) in [5, 5.41) is 3.01. The Hall–Kier alpha value is -0.720. The number of hydrogen-bond donors (Lipinski definition) is 2. The maximum absolute atomic E-state index is 11.9. The monoisotopic (exact) mass is 273 g/mol. The van der Waals surface area contributed by atoms with Crippen LogP contribution >= 0.6 is 12.2 Å². The molecule has 0 aromatic rings. The zero-order chi connectivity index (χ0) is 13.8. The standard InChI is InChI=1S/C12H23N3O2S/c1-4-12(2,3)14-10(16)8-15-5-6-17-9(7-15)11(13)18/h9H,4-8H2,1-3H3,(H2,13,18)(H,14,16). The van der Waals surface area contributed by atoms with E-state index in [-0.39, 0.29) is 17.6 Å². The highest BCUT2D eigenvalue weighted by molar-refractivity contribution is 7.80. The second-order valence-corrected chi connectivity index (χ2v) is 5.75. The number of thiocarbonyl (C=S) groups is 1. The van der Waals surface area contributed by atoms with Crippen LogP contribution in [0.3, 0.4) is 0 Å². The Bertz CT molecular complexity index is 320. The lowest BCUT2D eigenvalue weighted by molar-refractivity contribution is -0.125. The molecule has 1 heterocycles. The minimum absolute atomic E-state index is 0.0328. The van der Waals surface area contributed by atoms with Crippen LogP contribution in [0.4, 0.5) is 0 Å². The van der Waals surface area contributed by atoms with Gasteiger partial charge in [-0.2, -0.15) is 0 Å². The summed E-state index contributed by atoms with van der Waals surface area (Å²) in [6.45, 7) is 8.34. The van der Waals surface area contributed by atoms with Crippen LogP contribution in [0.5, 0.6) is 0 Å². The molecule has 1 amide bonds. The number of hydrogen-bond acceptors (Lipinski definition) is 4. The zero-order valence-corrected chi connectivity index (χ0v) is 12.2. The summed E-state index contributed by atoms with van der Waals surface area (Å²) in [6, 6.07) is 0. The van der Waals surface area contributed by atoms with Crippen LogP contribution in [0.15, 0.2) is 0 Å². The number of ether oxygens (including phenoxy) is 1. The Kier molecular flexibility index (Phi) is 5.49. The van der Waals surface area contributed by atoms with Crippen LogP contribution in [0.1, 0.15) is 27.2 Å². The van der Waals surface area contributed by atoms with E-state index in [0.29, 0.717) is 24.7 Å². The Morgan fingerprint density at radius 3 is 2.83 bits per heavy atom. The molecule has 1 unspecified atom stereocenters. The summed E-state index contributed by atoms with van der Waals surface area (Å²) in [5.41, 5.74) is 5.40. The van der Waals surface area contributed by atoms with Gasteiger partial charge in [0.2, 0.25) is 5.91 Å². The minimum Gasteiger partial charge on any atom is -0.391 e. The normalized spacial score (nSPS) is 21.6. The largest absolute Gasteiger partial charge is 0.391 e. The van der Waals surface area contributed by atoms with E-state index in [0.717, 1.165) is 13.0 Å². The number of nitrogens with two attached hydrogens (primary N) is 1. The first kappa shape index (κ1) is 15.3. The fourth-order valence-electron chi connectivity index (χ4n) is 1.73. The van der Waals surface area contributed by atoms with Crippen LogP contribution in [0, 0.1) is 0 Å². The van der Waals surface area contributed by atoms with Crippen LogP contribution in [0.2, 0.25) is 0 Å². The lowest BCUT2D eigenvalue weighted by atomic mass is 10.0. The Labute approximate surface area is 114 Å². The molecule has 1 aliphatic heterocycles. The van der Waals surface area contributed by atoms with Crippen molar-refractivity contribution in [2.24, 2.45) is 5.73 Å². The van der Waals surface area contributed by atoms with Crippen molar-refractivity contribution in [1.29, 1.82) is 0 Å². The summed E-state index contributed by atoms with van der Waals surface area (Å²) in [6.07, 6.45) is 0.665. The van der Waals surface area contributed by atoms with Crippen molar-refractivity contribution in [3.05, 3.63) is 0 Å². The Morgan fingerprint density at radius 2 is 2.28 bits per heavy atom. The molecule has 3 N–H and O–H groups in total. The van der Waals surface area contributed by atoms with Gasteiger partial charge in [-0.25, -0.2) is 0 Å². The summed E-state index contributed by atoms with van der Waals surface area (Å²) in [4.78, 5) is 14.3. The van der Waals surface area contributed by atoms with Crippen molar-refractivity contribution in [2.75, 3.05) is 26.2 Å². The molecule has 0 saturated carbocycles.